The molecule has 0 amide bonds. The van der Waals surface area contributed by atoms with Gasteiger partial charge in [-0.15, -0.1) is 0 Å². The maximum Gasteiger partial charge on any atom is 0.235 e. The quantitative estimate of drug-likeness (QED) is 0.140. The van der Waals surface area contributed by atoms with Gasteiger partial charge in [0.1, 0.15) is 48.0 Å². The van der Waals surface area contributed by atoms with Crippen LogP contribution < -0.4 is 10.2 Å². The third-order valence-electron chi connectivity index (χ3n) is 7.37. The zero-order valence-electron chi connectivity index (χ0n) is 22.3. The van der Waals surface area contributed by atoms with Crippen molar-refractivity contribution in [3.8, 4) is 40.1 Å². The number of hydrogen-bond acceptors (Lipinski definition) is 16. The summed E-state index contributed by atoms with van der Waals surface area (Å²) >= 11 is 0. The smallest absolute Gasteiger partial charge is 0.235 e. The van der Waals surface area contributed by atoms with Gasteiger partial charge >= 0.3 is 0 Å². The van der Waals surface area contributed by atoms with E-state index in [0.717, 1.165) is 18.2 Å². The monoisotopic (exact) mass is 610 g/mol. The van der Waals surface area contributed by atoms with Crippen LogP contribution in [-0.2, 0) is 14.2 Å². The molecule has 5 rings (SSSR count). The Bertz CT molecular complexity index is 1540. The Labute approximate surface area is 241 Å². The third kappa shape index (κ3) is 5.44. The number of rotatable bonds is 6. The van der Waals surface area contributed by atoms with E-state index in [0.29, 0.717) is 0 Å². The van der Waals surface area contributed by atoms with Gasteiger partial charge in [-0.3, -0.25) is 4.79 Å². The molecule has 3 aromatic rings. The highest BCUT2D eigenvalue weighted by molar-refractivity contribution is 5.85. The summed E-state index contributed by atoms with van der Waals surface area (Å²) in [5, 5.41) is 102. The van der Waals surface area contributed by atoms with Crippen LogP contribution in [0.2, 0.25) is 0 Å². The van der Waals surface area contributed by atoms with Gasteiger partial charge in [-0.25, -0.2) is 0 Å². The summed E-state index contributed by atoms with van der Waals surface area (Å²) in [6.45, 7) is 0.541. The predicted octanol–water partition coefficient (Wildman–Crippen LogP) is -1.69. The van der Waals surface area contributed by atoms with Gasteiger partial charge in [-0.05, 0) is 31.2 Å². The van der Waals surface area contributed by atoms with Crippen LogP contribution in [0.3, 0.4) is 0 Å². The summed E-state index contributed by atoms with van der Waals surface area (Å²) in [7, 11) is 0. The molecule has 0 bridgehead atoms. The molecule has 10 N–H and O–H groups in total. The second-order valence-corrected chi connectivity index (χ2v) is 10.2. The van der Waals surface area contributed by atoms with Crippen LogP contribution in [0.4, 0.5) is 0 Å². The molecule has 16 nitrogen and oxygen atoms in total. The maximum atomic E-state index is 13.7. The summed E-state index contributed by atoms with van der Waals surface area (Å²) in [4.78, 5) is 13.7. The molecule has 43 heavy (non-hydrogen) atoms. The molecular formula is C27H30O16. The number of phenols is 4. The molecule has 1 aromatic heterocycles. The number of hydrogen-bond donors (Lipinski definition) is 10. The Morgan fingerprint density at radius 2 is 1.53 bits per heavy atom. The average molecular weight is 611 g/mol. The molecule has 0 saturated carbocycles. The van der Waals surface area contributed by atoms with Crippen LogP contribution in [0.25, 0.3) is 22.3 Å². The van der Waals surface area contributed by atoms with E-state index < -0.39 is 102 Å². The molecule has 2 aromatic carbocycles. The van der Waals surface area contributed by atoms with Gasteiger partial charge < -0.3 is 74.4 Å². The fourth-order valence-electron chi connectivity index (χ4n) is 4.89. The first-order valence-electron chi connectivity index (χ1n) is 13.0. The van der Waals surface area contributed by atoms with Gasteiger partial charge in [0.05, 0.1) is 23.7 Å². The molecule has 16 heteroatoms. The minimum Gasteiger partial charge on any atom is -0.508 e. The lowest BCUT2D eigenvalue weighted by Crippen LogP contribution is -2.64. The Morgan fingerprint density at radius 1 is 0.814 bits per heavy atom. The molecule has 0 aliphatic carbocycles. The molecule has 3 heterocycles. The fourth-order valence-corrected chi connectivity index (χ4v) is 4.89. The van der Waals surface area contributed by atoms with Crippen LogP contribution in [0, 0.1) is 0 Å². The van der Waals surface area contributed by atoms with Gasteiger partial charge in [0.2, 0.25) is 23.2 Å². The van der Waals surface area contributed by atoms with Crippen molar-refractivity contribution >= 4 is 11.0 Å². The average Bonchev–Trinajstić information content (AvgIpc) is 2.98. The van der Waals surface area contributed by atoms with Gasteiger partial charge in [0.25, 0.3) is 0 Å². The minimum atomic E-state index is -1.91. The summed E-state index contributed by atoms with van der Waals surface area (Å²) in [5.74, 6) is -4.12. The molecular weight excluding hydrogens is 580 g/mol. The molecule has 2 saturated heterocycles. The van der Waals surface area contributed by atoms with Crippen LogP contribution in [0.15, 0.2) is 39.5 Å². The Hall–Kier alpha value is -3.71. The standard InChI is InChI=1S/C27H30O16/c1-8-15(31)20(36)22(38)26(39-8)43-25-21(37)19(35)14(7-28)41-27(25)42-24-17(33)10-3-2-9(29)6-13(10)40-23(24)11-4-5-12(30)18(34)16(11)32/h2-6,8,14-15,19-22,25-32,34-38H,7H2,1H3/t8-,14-,15-,19-,20-,21-,22-,25-,26-,27+/m0/s1. The van der Waals surface area contributed by atoms with E-state index in [-0.39, 0.29) is 22.3 Å². The Balaban J connectivity index is 1.62. The third-order valence-corrected chi connectivity index (χ3v) is 7.37. The van der Waals surface area contributed by atoms with Crippen LogP contribution >= 0.6 is 0 Å². The van der Waals surface area contributed by atoms with Crippen molar-refractivity contribution in [1.82, 2.24) is 0 Å². The second kappa shape index (κ2) is 11.8. The number of phenolic OH excluding ortho intramolecular Hbond substituents is 4. The van der Waals surface area contributed by atoms with E-state index in [9.17, 15) is 55.9 Å². The van der Waals surface area contributed by atoms with Crippen molar-refractivity contribution in [1.29, 1.82) is 0 Å². The largest absolute Gasteiger partial charge is 0.508 e. The van der Waals surface area contributed by atoms with E-state index in [1.807, 2.05) is 0 Å². The summed E-state index contributed by atoms with van der Waals surface area (Å²) in [5.41, 5.74) is -1.45. The number of benzene rings is 2. The van der Waals surface area contributed by atoms with E-state index in [4.69, 9.17) is 23.4 Å². The molecule has 0 radical (unpaired) electrons. The van der Waals surface area contributed by atoms with Gasteiger partial charge in [0, 0.05) is 6.07 Å². The summed E-state index contributed by atoms with van der Waals surface area (Å²) in [6, 6.07) is 5.53. The molecule has 2 aliphatic heterocycles. The highest BCUT2D eigenvalue weighted by atomic mass is 16.8. The lowest BCUT2D eigenvalue weighted by molar-refractivity contribution is -0.354. The lowest BCUT2D eigenvalue weighted by atomic mass is 9.97. The predicted molar refractivity (Wildman–Crippen MR) is 140 cm³/mol. The van der Waals surface area contributed by atoms with Crippen molar-refractivity contribution < 1.29 is 74.4 Å². The van der Waals surface area contributed by atoms with Crippen molar-refractivity contribution in [2.75, 3.05) is 6.61 Å². The number of aliphatic hydroxyl groups excluding tert-OH is 6. The van der Waals surface area contributed by atoms with E-state index in [2.05, 4.69) is 0 Å². The lowest BCUT2D eigenvalue weighted by Gasteiger charge is -2.45. The van der Waals surface area contributed by atoms with Crippen molar-refractivity contribution in [3.63, 3.8) is 0 Å². The topological polar surface area (TPSA) is 269 Å². The van der Waals surface area contributed by atoms with Gasteiger partial charge in [-0.2, -0.15) is 0 Å². The summed E-state index contributed by atoms with van der Waals surface area (Å²) < 4.78 is 28.3. The van der Waals surface area contributed by atoms with Crippen molar-refractivity contribution in [3.05, 3.63) is 40.6 Å². The first-order chi connectivity index (χ1) is 20.3. The molecule has 0 spiro atoms. The van der Waals surface area contributed by atoms with E-state index in [1.165, 1.54) is 19.1 Å². The maximum absolute atomic E-state index is 13.7. The van der Waals surface area contributed by atoms with Gasteiger partial charge in [-0.1, -0.05) is 0 Å². The Morgan fingerprint density at radius 3 is 2.23 bits per heavy atom. The van der Waals surface area contributed by atoms with Crippen molar-refractivity contribution in [2.45, 2.75) is 68.3 Å². The first kappa shape index (κ1) is 30.7. The Kier molecular flexibility index (Phi) is 8.41. The molecule has 10 atom stereocenters. The van der Waals surface area contributed by atoms with Crippen molar-refractivity contribution in [2.24, 2.45) is 0 Å². The second-order valence-electron chi connectivity index (χ2n) is 10.2. The van der Waals surface area contributed by atoms with E-state index >= 15 is 0 Å². The minimum absolute atomic E-state index is 0.136. The number of aliphatic hydroxyl groups is 6. The first-order valence-corrected chi connectivity index (χ1v) is 13.0. The molecule has 2 fully saturated rings. The molecule has 0 unspecified atom stereocenters. The number of aromatic hydroxyl groups is 4. The van der Waals surface area contributed by atoms with Crippen LogP contribution in [0.1, 0.15) is 6.92 Å². The normalized spacial score (nSPS) is 33.0. The summed E-state index contributed by atoms with van der Waals surface area (Å²) in [6.07, 6.45) is -16.7. The van der Waals surface area contributed by atoms with Crippen LogP contribution in [0.5, 0.6) is 28.7 Å². The highest BCUT2D eigenvalue weighted by Gasteiger charge is 2.51. The van der Waals surface area contributed by atoms with Crippen LogP contribution in [-0.4, -0.2) is 119 Å². The number of ether oxygens (including phenoxy) is 4. The van der Waals surface area contributed by atoms with Gasteiger partial charge in [0.15, 0.2) is 29.7 Å². The molecule has 2 aliphatic rings. The number of fused-ring (bicyclic) bond motifs is 1. The zero-order chi connectivity index (χ0) is 31.3. The van der Waals surface area contributed by atoms with E-state index in [1.54, 1.807) is 0 Å². The fraction of sp³-hybridized carbons (Fsp3) is 0.444. The molecule has 234 valence electrons. The highest BCUT2D eigenvalue weighted by Crippen LogP contribution is 2.45. The zero-order valence-corrected chi connectivity index (χ0v) is 22.3. The SMILES string of the molecule is C[C@@H]1O[C@@H](O[C@@H]2[C@@H](Oc3c(-c4ccc(O)c(O)c4O)oc4cc(O)ccc4c3=O)O[C@@H](CO)[C@H](O)[C@@H]2O)[C@@H](O)[C@@H](O)[C@H]1O.